The van der Waals surface area contributed by atoms with Crippen LogP contribution in [0.25, 0.3) is 11.1 Å². The molecule has 0 N–H and O–H groups in total. The molecule has 32 heavy (non-hydrogen) atoms. The number of halogens is 2. The molecule has 3 rings (SSSR count). The molecular formula is C24H22ClFN2O4. The second-order valence-electron chi connectivity index (χ2n) is 7.01. The van der Waals surface area contributed by atoms with Gasteiger partial charge in [0.25, 0.3) is 0 Å². The zero-order valence-electron chi connectivity index (χ0n) is 17.9. The molecule has 6 nitrogen and oxygen atoms in total. The van der Waals surface area contributed by atoms with Crippen molar-refractivity contribution in [1.29, 1.82) is 0 Å². The van der Waals surface area contributed by atoms with Crippen molar-refractivity contribution in [3.8, 4) is 16.9 Å². The number of amides is 1. The number of benzene rings is 2. The summed E-state index contributed by atoms with van der Waals surface area (Å²) in [6.45, 7) is 1.09. The van der Waals surface area contributed by atoms with Gasteiger partial charge in [-0.15, -0.1) is 0 Å². The second-order valence-corrected chi connectivity index (χ2v) is 7.45. The Morgan fingerprint density at radius 2 is 1.91 bits per heavy atom. The van der Waals surface area contributed by atoms with Crippen molar-refractivity contribution in [3.05, 3.63) is 76.7 Å². The van der Waals surface area contributed by atoms with Gasteiger partial charge in [0.1, 0.15) is 23.9 Å². The van der Waals surface area contributed by atoms with E-state index in [4.69, 9.17) is 16.3 Å². The molecule has 0 unspecified atom stereocenters. The first-order valence-electron chi connectivity index (χ1n) is 9.75. The van der Waals surface area contributed by atoms with Crippen molar-refractivity contribution in [2.45, 2.75) is 13.3 Å². The topological polar surface area (TPSA) is 68.7 Å². The quantitative estimate of drug-likeness (QED) is 0.483. The Morgan fingerprint density at radius 3 is 2.50 bits per heavy atom. The monoisotopic (exact) mass is 456 g/mol. The maximum Gasteiger partial charge on any atom is 0.325 e. The van der Waals surface area contributed by atoms with Crippen LogP contribution >= 0.6 is 11.6 Å². The second kappa shape index (κ2) is 10.2. The van der Waals surface area contributed by atoms with Crippen molar-refractivity contribution >= 4 is 29.3 Å². The first-order chi connectivity index (χ1) is 15.3. The number of pyridine rings is 1. The van der Waals surface area contributed by atoms with E-state index in [9.17, 15) is 9.59 Å². The van der Waals surface area contributed by atoms with E-state index in [1.807, 2.05) is 0 Å². The van der Waals surface area contributed by atoms with Crippen LogP contribution in [0.15, 0.2) is 54.7 Å². The van der Waals surface area contributed by atoms with E-state index >= 15 is 4.39 Å². The normalized spacial score (nSPS) is 10.5. The number of carbonyl (C=O) groups excluding carboxylic acids is 2. The molecule has 0 radical (unpaired) electrons. The Hall–Kier alpha value is -3.45. The fraction of sp³-hybridized carbons (Fsp3) is 0.208. The lowest BCUT2D eigenvalue weighted by Crippen LogP contribution is -2.35. The number of rotatable bonds is 7. The Kier molecular flexibility index (Phi) is 7.43. The highest BCUT2D eigenvalue weighted by molar-refractivity contribution is 6.30. The minimum absolute atomic E-state index is 0.242. The Bertz CT molecular complexity index is 1140. The lowest BCUT2D eigenvalue weighted by atomic mass is 9.97. The van der Waals surface area contributed by atoms with Crippen molar-refractivity contribution in [2.24, 2.45) is 0 Å². The van der Waals surface area contributed by atoms with Crippen LogP contribution in [0.3, 0.4) is 0 Å². The van der Waals surface area contributed by atoms with Crippen molar-refractivity contribution < 1.29 is 23.5 Å². The zero-order chi connectivity index (χ0) is 23.3. The molecule has 0 atom stereocenters. The van der Waals surface area contributed by atoms with Gasteiger partial charge in [0, 0.05) is 24.6 Å². The van der Waals surface area contributed by atoms with Crippen LogP contribution in [0.5, 0.6) is 5.75 Å². The molecule has 0 aliphatic heterocycles. The molecule has 166 valence electrons. The SMILES string of the molecule is COC(=O)CN(C(C)=O)c1ccc(Cc2ccc(OC)c(-c3cccc(Cl)c3)c2F)cn1. The number of aromatic nitrogens is 1. The summed E-state index contributed by atoms with van der Waals surface area (Å²) in [5.41, 5.74) is 2.13. The van der Waals surface area contributed by atoms with Gasteiger partial charge in [0.2, 0.25) is 5.91 Å². The zero-order valence-corrected chi connectivity index (χ0v) is 18.6. The molecule has 0 spiro atoms. The minimum Gasteiger partial charge on any atom is -0.496 e. The van der Waals surface area contributed by atoms with Crippen LogP contribution in [0.1, 0.15) is 18.1 Å². The predicted octanol–water partition coefficient (Wildman–Crippen LogP) is 4.67. The number of carbonyl (C=O) groups is 2. The summed E-state index contributed by atoms with van der Waals surface area (Å²) >= 11 is 6.09. The molecule has 1 amide bonds. The fourth-order valence-corrected chi connectivity index (χ4v) is 3.46. The predicted molar refractivity (Wildman–Crippen MR) is 120 cm³/mol. The summed E-state index contributed by atoms with van der Waals surface area (Å²) in [7, 11) is 2.73. The summed E-state index contributed by atoms with van der Waals surface area (Å²) in [4.78, 5) is 28.9. The van der Waals surface area contributed by atoms with Crippen LogP contribution in [0.4, 0.5) is 10.2 Å². The summed E-state index contributed by atoms with van der Waals surface area (Å²) < 4.78 is 25.5. The third kappa shape index (κ3) is 5.23. The molecule has 1 aromatic heterocycles. The number of nitrogens with zero attached hydrogens (tertiary/aromatic N) is 2. The summed E-state index contributed by atoms with van der Waals surface area (Å²) in [6.07, 6.45) is 1.82. The molecule has 0 aliphatic carbocycles. The molecule has 1 heterocycles. The van der Waals surface area contributed by atoms with E-state index < -0.39 is 11.8 Å². The van der Waals surface area contributed by atoms with Crippen LogP contribution in [-0.2, 0) is 20.7 Å². The van der Waals surface area contributed by atoms with Gasteiger partial charge in [-0.25, -0.2) is 9.37 Å². The van der Waals surface area contributed by atoms with Gasteiger partial charge in [-0.3, -0.25) is 14.5 Å². The summed E-state index contributed by atoms with van der Waals surface area (Å²) in [5.74, 6) is -0.599. The number of ether oxygens (including phenoxy) is 2. The number of anilines is 1. The first kappa shape index (κ1) is 23.2. The van der Waals surface area contributed by atoms with Crippen molar-refractivity contribution in [3.63, 3.8) is 0 Å². The molecule has 3 aromatic rings. The van der Waals surface area contributed by atoms with E-state index in [0.29, 0.717) is 33.3 Å². The number of hydrogen-bond acceptors (Lipinski definition) is 5. The summed E-state index contributed by atoms with van der Waals surface area (Å²) in [5, 5.41) is 0.496. The van der Waals surface area contributed by atoms with Crippen molar-refractivity contribution in [2.75, 3.05) is 25.7 Å². The van der Waals surface area contributed by atoms with E-state index in [2.05, 4.69) is 9.72 Å². The number of methoxy groups -OCH3 is 2. The highest BCUT2D eigenvalue weighted by atomic mass is 35.5. The molecule has 0 fully saturated rings. The Morgan fingerprint density at radius 1 is 1.12 bits per heavy atom. The van der Waals surface area contributed by atoms with Gasteiger partial charge in [-0.05, 0) is 41.0 Å². The van der Waals surface area contributed by atoms with E-state index in [0.717, 1.165) is 5.56 Å². The van der Waals surface area contributed by atoms with Crippen LogP contribution in [-0.4, -0.2) is 37.6 Å². The largest absolute Gasteiger partial charge is 0.496 e. The van der Waals surface area contributed by atoms with Gasteiger partial charge in [0.05, 0.1) is 19.8 Å². The van der Waals surface area contributed by atoms with Gasteiger partial charge in [-0.1, -0.05) is 35.9 Å². The molecule has 0 aliphatic rings. The lowest BCUT2D eigenvalue weighted by Gasteiger charge is -2.19. The standard InChI is InChI=1S/C24H22ClFN2O4/c1-15(29)28(14-22(30)32-3)21-10-7-16(13-27-21)11-18-8-9-20(31-2)23(24(18)26)17-5-4-6-19(25)12-17/h4-10,12-13H,11,14H2,1-3H3. The van der Waals surface area contributed by atoms with Gasteiger partial charge in [-0.2, -0.15) is 0 Å². The maximum atomic E-state index is 15.5. The molecule has 8 heteroatoms. The van der Waals surface area contributed by atoms with Crippen LogP contribution in [0.2, 0.25) is 5.02 Å². The molecular weight excluding hydrogens is 435 g/mol. The highest BCUT2D eigenvalue weighted by Gasteiger charge is 2.19. The Balaban J connectivity index is 1.90. The third-order valence-electron chi connectivity index (χ3n) is 4.89. The van der Waals surface area contributed by atoms with E-state index in [-0.39, 0.29) is 18.9 Å². The minimum atomic E-state index is -0.556. The van der Waals surface area contributed by atoms with Crippen molar-refractivity contribution in [1.82, 2.24) is 4.98 Å². The maximum absolute atomic E-state index is 15.5. The average Bonchev–Trinajstić information content (AvgIpc) is 2.78. The average molecular weight is 457 g/mol. The first-order valence-corrected chi connectivity index (χ1v) is 10.1. The molecule has 2 aromatic carbocycles. The van der Waals surface area contributed by atoms with E-state index in [1.165, 1.54) is 26.0 Å². The Labute approximate surface area is 190 Å². The number of hydrogen-bond donors (Lipinski definition) is 0. The van der Waals surface area contributed by atoms with Gasteiger partial charge in [0.15, 0.2) is 0 Å². The lowest BCUT2D eigenvalue weighted by molar-refractivity contribution is -0.139. The fourth-order valence-electron chi connectivity index (χ4n) is 3.27. The smallest absolute Gasteiger partial charge is 0.325 e. The molecule has 0 bridgehead atoms. The van der Waals surface area contributed by atoms with Gasteiger partial charge < -0.3 is 9.47 Å². The van der Waals surface area contributed by atoms with Crippen LogP contribution in [0, 0.1) is 5.82 Å². The third-order valence-corrected chi connectivity index (χ3v) is 5.13. The molecule has 0 saturated heterocycles. The van der Waals surface area contributed by atoms with Crippen LogP contribution < -0.4 is 9.64 Å². The van der Waals surface area contributed by atoms with Gasteiger partial charge >= 0.3 is 5.97 Å². The number of esters is 1. The molecule has 0 saturated carbocycles. The highest BCUT2D eigenvalue weighted by Crippen LogP contribution is 2.36. The van der Waals surface area contributed by atoms with E-state index in [1.54, 1.807) is 54.7 Å². The summed E-state index contributed by atoms with van der Waals surface area (Å²) in [6, 6.07) is 13.6.